The van der Waals surface area contributed by atoms with Crippen LogP contribution in [0.1, 0.15) is 29.2 Å². The molecule has 2 amide bonds. The molecule has 35 heavy (non-hydrogen) atoms. The van der Waals surface area contributed by atoms with E-state index in [0.717, 1.165) is 16.7 Å². The third kappa shape index (κ3) is 5.22. The van der Waals surface area contributed by atoms with Crippen LogP contribution in [0.2, 0.25) is 5.02 Å². The van der Waals surface area contributed by atoms with Crippen LogP contribution in [-0.4, -0.2) is 23.8 Å². The molecule has 178 valence electrons. The summed E-state index contributed by atoms with van der Waals surface area (Å²) in [6.45, 7) is 0.247. The van der Waals surface area contributed by atoms with E-state index in [1.165, 1.54) is 0 Å². The maximum Gasteiger partial charge on any atom is 0.338 e. The number of amides is 2. The SMILES string of the molecule is O=C1NC(CCc2ccc3c(c2)OCO3)=C(C(=O)OCc2cccc(Cl)c2)C(c2ccncc2)N1. The van der Waals surface area contributed by atoms with Crippen LogP contribution >= 0.6 is 11.6 Å². The van der Waals surface area contributed by atoms with E-state index >= 15 is 0 Å². The second kappa shape index (κ2) is 10.1. The Balaban J connectivity index is 1.43. The molecular weight excluding hydrogens is 470 g/mol. The Morgan fingerprint density at radius 3 is 2.69 bits per heavy atom. The van der Waals surface area contributed by atoms with E-state index in [4.69, 9.17) is 25.8 Å². The number of allylic oxidation sites excluding steroid dienone is 1. The average molecular weight is 492 g/mol. The van der Waals surface area contributed by atoms with Crippen molar-refractivity contribution in [1.29, 1.82) is 0 Å². The molecule has 0 fully saturated rings. The number of hydrogen-bond acceptors (Lipinski definition) is 6. The molecule has 8 nitrogen and oxygen atoms in total. The lowest BCUT2D eigenvalue weighted by atomic mass is 9.93. The van der Waals surface area contributed by atoms with Crippen LogP contribution in [0, 0.1) is 0 Å². The van der Waals surface area contributed by atoms with Crippen molar-refractivity contribution in [3.8, 4) is 11.5 Å². The van der Waals surface area contributed by atoms with Gasteiger partial charge < -0.3 is 24.8 Å². The van der Waals surface area contributed by atoms with Gasteiger partial charge in [0, 0.05) is 23.1 Å². The van der Waals surface area contributed by atoms with Crippen LogP contribution in [0.25, 0.3) is 0 Å². The van der Waals surface area contributed by atoms with E-state index in [1.807, 2.05) is 24.3 Å². The molecule has 1 atom stereocenters. The standard InChI is InChI=1S/C26H22ClN3O5/c27-19-3-1-2-17(12-19)14-33-25(31)23-20(6-4-16-5-7-21-22(13-16)35-15-34-21)29-26(32)30-24(23)18-8-10-28-11-9-18/h1-3,5,7-13,24H,4,6,14-15H2,(H2,29,30,32). The molecule has 0 bridgehead atoms. The molecule has 0 spiro atoms. The zero-order valence-corrected chi connectivity index (χ0v) is 19.4. The maximum atomic E-state index is 13.4. The number of halogens is 1. The quantitative estimate of drug-likeness (QED) is 0.474. The lowest BCUT2D eigenvalue weighted by Crippen LogP contribution is -2.46. The topological polar surface area (TPSA) is 98.8 Å². The molecule has 0 radical (unpaired) electrons. The van der Waals surface area contributed by atoms with Gasteiger partial charge in [-0.2, -0.15) is 0 Å². The molecule has 1 unspecified atom stereocenters. The third-order valence-electron chi connectivity index (χ3n) is 5.77. The van der Waals surface area contributed by atoms with Gasteiger partial charge in [0.2, 0.25) is 6.79 Å². The van der Waals surface area contributed by atoms with Crippen LogP contribution in [-0.2, 0) is 22.6 Å². The fourth-order valence-electron chi connectivity index (χ4n) is 4.08. The minimum absolute atomic E-state index is 0.0509. The minimum atomic E-state index is -0.676. The number of benzene rings is 2. The van der Waals surface area contributed by atoms with E-state index < -0.39 is 12.0 Å². The number of fused-ring (bicyclic) bond motifs is 1. The van der Waals surface area contributed by atoms with Crippen molar-refractivity contribution in [2.75, 3.05) is 6.79 Å². The van der Waals surface area contributed by atoms with Crippen LogP contribution in [0.5, 0.6) is 11.5 Å². The molecular formula is C26H22ClN3O5. The van der Waals surface area contributed by atoms with Crippen molar-refractivity contribution < 1.29 is 23.8 Å². The van der Waals surface area contributed by atoms with E-state index in [1.54, 1.807) is 42.7 Å². The second-order valence-electron chi connectivity index (χ2n) is 8.10. The number of pyridine rings is 1. The molecule has 2 N–H and O–H groups in total. The molecule has 0 aliphatic carbocycles. The third-order valence-corrected chi connectivity index (χ3v) is 6.01. The van der Waals surface area contributed by atoms with Crippen molar-refractivity contribution in [1.82, 2.24) is 15.6 Å². The van der Waals surface area contributed by atoms with Gasteiger partial charge in [-0.1, -0.05) is 29.8 Å². The highest BCUT2D eigenvalue weighted by atomic mass is 35.5. The number of nitrogens with one attached hydrogen (secondary N) is 2. The molecule has 3 heterocycles. The minimum Gasteiger partial charge on any atom is -0.457 e. The number of hydrogen-bond donors (Lipinski definition) is 2. The predicted molar refractivity (Wildman–Crippen MR) is 128 cm³/mol. The van der Waals surface area contributed by atoms with E-state index in [2.05, 4.69) is 15.6 Å². The maximum absolute atomic E-state index is 13.4. The van der Waals surface area contributed by atoms with Crippen molar-refractivity contribution in [2.24, 2.45) is 0 Å². The molecule has 3 aromatic rings. The summed E-state index contributed by atoms with van der Waals surface area (Å²) in [4.78, 5) is 29.9. The number of aromatic nitrogens is 1. The molecule has 2 aliphatic heterocycles. The van der Waals surface area contributed by atoms with E-state index in [9.17, 15) is 9.59 Å². The first kappa shape index (κ1) is 22.7. The van der Waals surface area contributed by atoms with Gasteiger partial charge in [-0.05, 0) is 65.9 Å². The Kier molecular flexibility index (Phi) is 6.54. The monoisotopic (exact) mass is 491 g/mol. The number of nitrogens with zero attached hydrogens (tertiary/aromatic N) is 1. The van der Waals surface area contributed by atoms with Crippen molar-refractivity contribution in [3.05, 3.63) is 100.0 Å². The van der Waals surface area contributed by atoms with Gasteiger partial charge in [0.05, 0.1) is 11.6 Å². The normalized spacial score (nSPS) is 16.5. The molecule has 1 aromatic heterocycles. The number of aryl methyl sites for hydroxylation is 1. The number of urea groups is 1. The number of esters is 1. The summed E-state index contributed by atoms with van der Waals surface area (Å²) in [6.07, 6.45) is 4.21. The Hall–Kier alpha value is -4.04. The Labute approximate surface area is 206 Å². The second-order valence-corrected chi connectivity index (χ2v) is 8.53. The number of carbonyl (C=O) groups excluding carboxylic acids is 2. The van der Waals surface area contributed by atoms with Crippen molar-refractivity contribution in [2.45, 2.75) is 25.5 Å². The lowest BCUT2D eigenvalue weighted by molar-refractivity contribution is -0.140. The van der Waals surface area contributed by atoms with Gasteiger partial charge in [0.1, 0.15) is 6.61 Å². The Morgan fingerprint density at radius 1 is 1.03 bits per heavy atom. The Morgan fingerprint density at radius 2 is 1.86 bits per heavy atom. The lowest BCUT2D eigenvalue weighted by Gasteiger charge is -2.29. The van der Waals surface area contributed by atoms with Crippen LogP contribution in [0.4, 0.5) is 4.79 Å². The molecule has 2 aromatic carbocycles. The fourth-order valence-corrected chi connectivity index (χ4v) is 4.29. The summed E-state index contributed by atoms with van der Waals surface area (Å²) >= 11 is 6.06. The number of ether oxygens (including phenoxy) is 3. The first-order valence-corrected chi connectivity index (χ1v) is 11.5. The largest absolute Gasteiger partial charge is 0.457 e. The number of rotatable bonds is 7. The first-order chi connectivity index (χ1) is 17.1. The average Bonchev–Trinajstić information content (AvgIpc) is 3.34. The summed E-state index contributed by atoms with van der Waals surface area (Å²) < 4.78 is 16.5. The van der Waals surface area contributed by atoms with Gasteiger partial charge in [-0.3, -0.25) is 4.98 Å². The summed E-state index contributed by atoms with van der Waals surface area (Å²) in [7, 11) is 0. The first-order valence-electron chi connectivity index (χ1n) is 11.1. The van der Waals surface area contributed by atoms with Crippen LogP contribution < -0.4 is 20.1 Å². The molecule has 5 rings (SSSR count). The van der Waals surface area contributed by atoms with Gasteiger partial charge in [-0.15, -0.1) is 0 Å². The van der Waals surface area contributed by atoms with Crippen molar-refractivity contribution in [3.63, 3.8) is 0 Å². The predicted octanol–water partition coefficient (Wildman–Crippen LogP) is 4.45. The van der Waals surface area contributed by atoms with Crippen molar-refractivity contribution >= 4 is 23.6 Å². The molecule has 0 saturated carbocycles. The van der Waals surface area contributed by atoms with Gasteiger partial charge >= 0.3 is 12.0 Å². The highest BCUT2D eigenvalue weighted by Crippen LogP contribution is 2.34. The number of carbonyl (C=O) groups is 2. The fraction of sp³-hybridized carbons (Fsp3) is 0.192. The Bertz CT molecular complexity index is 1300. The highest BCUT2D eigenvalue weighted by molar-refractivity contribution is 6.30. The smallest absolute Gasteiger partial charge is 0.338 e. The van der Waals surface area contributed by atoms with Gasteiger partial charge in [0.25, 0.3) is 0 Å². The summed E-state index contributed by atoms with van der Waals surface area (Å²) in [6, 6.07) is 15.3. The molecule has 0 saturated heterocycles. The summed E-state index contributed by atoms with van der Waals surface area (Å²) in [5, 5.41) is 6.21. The van der Waals surface area contributed by atoms with Crippen LogP contribution in [0.3, 0.4) is 0 Å². The molecule has 9 heteroatoms. The van der Waals surface area contributed by atoms with Gasteiger partial charge in [-0.25, -0.2) is 9.59 Å². The van der Waals surface area contributed by atoms with E-state index in [0.29, 0.717) is 40.6 Å². The zero-order chi connectivity index (χ0) is 24.2. The van der Waals surface area contributed by atoms with E-state index in [-0.39, 0.29) is 19.4 Å². The zero-order valence-electron chi connectivity index (χ0n) is 18.6. The molecule has 2 aliphatic rings. The summed E-state index contributed by atoms with van der Waals surface area (Å²) in [5.41, 5.74) is 3.33. The highest BCUT2D eigenvalue weighted by Gasteiger charge is 2.33. The van der Waals surface area contributed by atoms with Crippen LogP contribution in [0.15, 0.2) is 78.3 Å². The van der Waals surface area contributed by atoms with Gasteiger partial charge in [0.15, 0.2) is 11.5 Å². The summed E-state index contributed by atoms with van der Waals surface area (Å²) in [5.74, 6) is 0.854.